The first-order valence-electron chi connectivity index (χ1n) is 7.53. The molecule has 1 saturated heterocycles. The van der Waals surface area contributed by atoms with Crippen LogP contribution in [0.2, 0.25) is 0 Å². The molecule has 2 aromatic rings. The van der Waals surface area contributed by atoms with Gasteiger partial charge in [-0.15, -0.1) is 0 Å². The molecule has 1 atom stereocenters. The van der Waals surface area contributed by atoms with E-state index in [1.807, 2.05) is 6.07 Å². The second-order valence-corrected chi connectivity index (χ2v) is 5.64. The fraction of sp³-hybridized carbons (Fsp3) is 0.500. The lowest BCUT2D eigenvalue weighted by molar-refractivity contribution is 0.174. The first-order chi connectivity index (χ1) is 10.7. The highest BCUT2D eigenvalue weighted by Gasteiger charge is 2.26. The number of methoxy groups -OCH3 is 1. The Kier molecular flexibility index (Phi) is 4.80. The van der Waals surface area contributed by atoms with Gasteiger partial charge in [0.15, 0.2) is 5.82 Å². The smallest absolute Gasteiger partial charge is 0.240 e. The highest BCUT2D eigenvalue weighted by molar-refractivity contribution is 5.17. The molecule has 1 aromatic carbocycles. The van der Waals surface area contributed by atoms with E-state index in [2.05, 4.69) is 15.0 Å². The normalized spacial score (nSPS) is 18.9. The average molecular weight is 305 g/mol. The zero-order valence-corrected chi connectivity index (χ0v) is 12.7. The number of hydrogen-bond donors (Lipinski definition) is 0. The molecule has 5 nitrogen and oxygen atoms in total. The number of aromatic nitrogens is 2. The molecule has 0 aliphatic carbocycles. The SMILES string of the molecule is COCc1noc(CN2CCCC2Cc2cccc(F)c2)n1. The van der Waals surface area contributed by atoms with Crippen molar-refractivity contribution < 1.29 is 13.7 Å². The van der Waals surface area contributed by atoms with Crippen LogP contribution < -0.4 is 0 Å². The summed E-state index contributed by atoms with van der Waals surface area (Å²) in [6, 6.07) is 7.22. The van der Waals surface area contributed by atoms with E-state index in [0.29, 0.717) is 30.9 Å². The van der Waals surface area contributed by atoms with Gasteiger partial charge in [-0.25, -0.2) is 4.39 Å². The fourth-order valence-corrected chi connectivity index (χ4v) is 2.99. The number of nitrogens with zero attached hydrogens (tertiary/aromatic N) is 3. The second kappa shape index (κ2) is 6.98. The van der Waals surface area contributed by atoms with E-state index < -0.39 is 0 Å². The van der Waals surface area contributed by atoms with Crippen LogP contribution in [0.15, 0.2) is 28.8 Å². The van der Waals surface area contributed by atoms with Crippen molar-refractivity contribution in [1.29, 1.82) is 0 Å². The van der Waals surface area contributed by atoms with Crippen molar-refractivity contribution in [2.24, 2.45) is 0 Å². The molecule has 0 spiro atoms. The lowest BCUT2D eigenvalue weighted by Crippen LogP contribution is -2.30. The van der Waals surface area contributed by atoms with Crippen molar-refractivity contribution in [2.75, 3.05) is 13.7 Å². The van der Waals surface area contributed by atoms with Crippen molar-refractivity contribution in [2.45, 2.75) is 38.5 Å². The summed E-state index contributed by atoms with van der Waals surface area (Å²) in [6.45, 7) is 1.99. The van der Waals surface area contributed by atoms with Crippen molar-refractivity contribution in [3.63, 3.8) is 0 Å². The molecular weight excluding hydrogens is 285 g/mol. The van der Waals surface area contributed by atoms with Gasteiger partial charge in [0.05, 0.1) is 6.54 Å². The maximum atomic E-state index is 13.3. The molecule has 2 heterocycles. The summed E-state index contributed by atoms with van der Waals surface area (Å²) in [7, 11) is 1.60. The Morgan fingerprint density at radius 3 is 3.18 bits per heavy atom. The molecular formula is C16H20FN3O2. The molecule has 1 aliphatic rings. The number of ether oxygens (including phenoxy) is 1. The predicted octanol–water partition coefficient (Wildman–Crippen LogP) is 2.56. The Balaban J connectivity index is 1.62. The summed E-state index contributed by atoms with van der Waals surface area (Å²) in [5.74, 6) is 1.000. The summed E-state index contributed by atoms with van der Waals surface area (Å²) in [5, 5.41) is 3.88. The van der Waals surface area contributed by atoms with E-state index in [4.69, 9.17) is 9.26 Å². The molecule has 6 heteroatoms. The summed E-state index contributed by atoms with van der Waals surface area (Å²) >= 11 is 0. The van der Waals surface area contributed by atoms with Crippen LogP contribution in [0.3, 0.4) is 0 Å². The topological polar surface area (TPSA) is 51.4 Å². The first kappa shape index (κ1) is 15.1. The molecule has 1 unspecified atom stereocenters. The third kappa shape index (κ3) is 3.69. The van der Waals surface area contributed by atoms with E-state index in [1.54, 1.807) is 19.2 Å². The summed E-state index contributed by atoms with van der Waals surface area (Å²) in [6.07, 6.45) is 3.09. The maximum Gasteiger partial charge on any atom is 0.240 e. The summed E-state index contributed by atoms with van der Waals surface area (Å²) in [4.78, 5) is 6.64. The van der Waals surface area contributed by atoms with Crippen LogP contribution in [-0.4, -0.2) is 34.7 Å². The molecule has 3 rings (SSSR count). The molecule has 1 fully saturated rings. The van der Waals surface area contributed by atoms with Crippen LogP contribution in [0.1, 0.15) is 30.1 Å². The average Bonchev–Trinajstić information content (AvgIpc) is 3.10. The first-order valence-corrected chi connectivity index (χ1v) is 7.53. The molecule has 0 radical (unpaired) electrons. The molecule has 0 amide bonds. The number of hydrogen-bond acceptors (Lipinski definition) is 5. The van der Waals surface area contributed by atoms with E-state index in [1.165, 1.54) is 6.07 Å². The Labute approximate surface area is 129 Å². The van der Waals surface area contributed by atoms with Crippen molar-refractivity contribution in [3.05, 3.63) is 47.4 Å². The number of likely N-dealkylation sites (tertiary alicyclic amines) is 1. The molecule has 118 valence electrons. The maximum absolute atomic E-state index is 13.3. The van der Waals surface area contributed by atoms with Crippen LogP contribution in [0.5, 0.6) is 0 Å². The Morgan fingerprint density at radius 1 is 1.45 bits per heavy atom. The van der Waals surface area contributed by atoms with Crippen molar-refractivity contribution in [1.82, 2.24) is 15.0 Å². The van der Waals surface area contributed by atoms with Crippen molar-refractivity contribution in [3.8, 4) is 0 Å². The van der Waals surface area contributed by atoms with E-state index >= 15 is 0 Å². The van der Waals surface area contributed by atoms with Crippen LogP contribution in [0.25, 0.3) is 0 Å². The molecule has 0 N–H and O–H groups in total. The monoisotopic (exact) mass is 305 g/mol. The van der Waals surface area contributed by atoms with E-state index in [9.17, 15) is 4.39 Å². The number of benzene rings is 1. The Bertz CT molecular complexity index is 617. The van der Waals surface area contributed by atoms with Gasteiger partial charge in [0.1, 0.15) is 12.4 Å². The highest BCUT2D eigenvalue weighted by atomic mass is 19.1. The lowest BCUT2D eigenvalue weighted by atomic mass is 10.0. The zero-order valence-electron chi connectivity index (χ0n) is 12.7. The minimum atomic E-state index is -0.178. The molecule has 0 saturated carbocycles. The van der Waals surface area contributed by atoms with Gasteiger partial charge in [-0.3, -0.25) is 4.90 Å². The van der Waals surface area contributed by atoms with E-state index in [0.717, 1.165) is 31.4 Å². The molecule has 1 aliphatic heterocycles. The van der Waals surface area contributed by atoms with Crippen LogP contribution >= 0.6 is 0 Å². The molecule has 1 aromatic heterocycles. The molecule has 22 heavy (non-hydrogen) atoms. The third-order valence-corrected chi connectivity index (χ3v) is 3.98. The van der Waals surface area contributed by atoms with Gasteiger partial charge in [-0.05, 0) is 43.5 Å². The summed E-state index contributed by atoms with van der Waals surface area (Å²) < 4.78 is 23.5. The van der Waals surface area contributed by atoms with Gasteiger partial charge < -0.3 is 9.26 Å². The van der Waals surface area contributed by atoms with Gasteiger partial charge in [-0.2, -0.15) is 4.98 Å². The molecule has 0 bridgehead atoms. The number of rotatable bonds is 6. The van der Waals surface area contributed by atoms with Gasteiger partial charge in [0.25, 0.3) is 0 Å². The van der Waals surface area contributed by atoms with Crippen LogP contribution in [0, 0.1) is 5.82 Å². The van der Waals surface area contributed by atoms with Crippen molar-refractivity contribution >= 4 is 0 Å². The van der Waals surface area contributed by atoms with Gasteiger partial charge in [-0.1, -0.05) is 17.3 Å². The van der Waals surface area contributed by atoms with Crippen LogP contribution in [-0.2, 0) is 24.3 Å². The van der Waals surface area contributed by atoms with Crippen LogP contribution in [0.4, 0.5) is 4.39 Å². The third-order valence-electron chi connectivity index (χ3n) is 3.98. The summed E-state index contributed by atoms with van der Waals surface area (Å²) in [5.41, 5.74) is 1.03. The Hall–Kier alpha value is -1.79. The standard InChI is InChI=1S/C16H20FN3O2/c1-21-11-15-18-16(22-19-15)10-20-7-3-6-14(20)9-12-4-2-5-13(17)8-12/h2,4-5,8,14H,3,6-7,9-11H2,1H3. The minimum Gasteiger partial charge on any atom is -0.377 e. The van der Waals surface area contributed by atoms with Gasteiger partial charge >= 0.3 is 0 Å². The number of halogens is 1. The van der Waals surface area contributed by atoms with Gasteiger partial charge in [0.2, 0.25) is 5.89 Å². The largest absolute Gasteiger partial charge is 0.377 e. The quantitative estimate of drug-likeness (QED) is 0.821. The predicted molar refractivity (Wildman–Crippen MR) is 78.5 cm³/mol. The van der Waals surface area contributed by atoms with Gasteiger partial charge in [0, 0.05) is 13.2 Å². The minimum absolute atomic E-state index is 0.178. The highest BCUT2D eigenvalue weighted by Crippen LogP contribution is 2.23. The van der Waals surface area contributed by atoms with E-state index in [-0.39, 0.29) is 5.82 Å². The lowest BCUT2D eigenvalue weighted by Gasteiger charge is -2.22. The fourth-order valence-electron chi connectivity index (χ4n) is 2.99. The second-order valence-electron chi connectivity index (χ2n) is 5.64. The Morgan fingerprint density at radius 2 is 2.36 bits per heavy atom. The zero-order chi connectivity index (χ0) is 15.4.